The van der Waals surface area contributed by atoms with Crippen molar-refractivity contribution in [1.29, 1.82) is 5.26 Å². The van der Waals surface area contributed by atoms with Crippen LogP contribution in [-0.2, 0) is 19.1 Å². The molecule has 0 radical (unpaired) electrons. The topological polar surface area (TPSA) is 76.4 Å². The van der Waals surface area contributed by atoms with Crippen molar-refractivity contribution in [2.75, 3.05) is 13.2 Å². The second-order valence-electron chi connectivity index (χ2n) is 6.71. The van der Waals surface area contributed by atoms with E-state index in [0.29, 0.717) is 0 Å². The van der Waals surface area contributed by atoms with Gasteiger partial charge in [0, 0.05) is 0 Å². The monoisotopic (exact) mass is 381 g/mol. The standard InChI is InChI=1S/C17H25GeNO4/c1-6-22-15(20)17(16(21)23-7-2)10-13(8-9-19)14(11-17)12-18(3,4)5/h8,12H,6-7,10-11H2,1-5H3/b13-8+,14-12+. The van der Waals surface area contributed by atoms with Gasteiger partial charge < -0.3 is 0 Å². The summed E-state index contributed by atoms with van der Waals surface area (Å²) in [6.07, 6.45) is 1.85. The second-order valence-corrected chi connectivity index (χ2v) is 17.2. The molecule has 0 aliphatic heterocycles. The van der Waals surface area contributed by atoms with Crippen molar-refractivity contribution >= 4 is 25.2 Å². The summed E-state index contributed by atoms with van der Waals surface area (Å²) in [5, 5.41) is 9.03. The number of allylic oxidation sites excluding steroid dienone is 3. The van der Waals surface area contributed by atoms with Gasteiger partial charge in [-0.2, -0.15) is 0 Å². The van der Waals surface area contributed by atoms with Gasteiger partial charge in [-0.25, -0.2) is 0 Å². The van der Waals surface area contributed by atoms with E-state index in [0.717, 1.165) is 11.1 Å². The molecule has 0 atom stereocenters. The van der Waals surface area contributed by atoms with Gasteiger partial charge in [-0.1, -0.05) is 0 Å². The minimum absolute atomic E-state index is 0.169. The van der Waals surface area contributed by atoms with E-state index in [9.17, 15) is 9.59 Å². The second kappa shape index (κ2) is 7.82. The van der Waals surface area contributed by atoms with Gasteiger partial charge in [-0.05, 0) is 0 Å². The number of nitriles is 1. The van der Waals surface area contributed by atoms with Crippen LogP contribution in [0.4, 0.5) is 0 Å². The molecule has 1 fully saturated rings. The van der Waals surface area contributed by atoms with E-state index in [2.05, 4.69) is 22.2 Å². The molecule has 0 unspecified atom stereocenters. The summed E-state index contributed by atoms with van der Waals surface area (Å²) in [6.45, 7) is 3.82. The summed E-state index contributed by atoms with van der Waals surface area (Å²) in [7, 11) is 0. The number of nitrogens with zero attached hydrogens (tertiary/aromatic N) is 1. The zero-order valence-corrected chi connectivity index (χ0v) is 16.7. The molecule has 23 heavy (non-hydrogen) atoms. The van der Waals surface area contributed by atoms with Crippen molar-refractivity contribution < 1.29 is 19.1 Å². The van der Waals surface area contributed by atoms with Gasteiger partial charge in [0.1, 0.15) is 0 Å². The maximum absolute atomic E-state index is 12.5. The number of hydrogen-bond acceptors (Lipinski definition) is 5. The van der Waals surface area contributed by atoms with E-state index < -0.39 is 30.6 Å². The Bertz CT molecular complexity index is 560. The molecule has 0 saturated heterocycles. The number of rotatable bonds is 5. The third-order valence-electron chi connectivity index (χ3n) is 3.58. The van der Waals surface area contributed by atoms with Crippen LogP contribution in [-0.4, -0.2) is 38.4 Å². The van der Waals surface area contributed by atoms with E-state index in [1.54, 1.807) is 13.8 Å². The molecule has 0 aromatic carbocycles. The molecule has 0 N–H and O–H groups in total. The van der Waals surface area contributed by atoms with Crippen LogP contribution < -0.4 is 0 Å². The molecular formula is C17H25GeNO4. The molecule has 1 rings (SSSR count). The van der Waals surface area contributed by atoms with Gasteiger partial charge >= 0.3 is 140 Å². The average Bonchev–Trinajstić information content (AvgIpc) is 2.78. The first-order valence-electron chi connectivity index (χ1n) is 7.85. The van der Waals surface area contributed by atoms with Crippen molar-refractivity contribution in [2.24, 2.45) is 5.41 Å². The van der Waals surface area contributed by atoms with Crippen LogP contribution in [0.15, 0.2) is 22.1 Å². The Morgan fingerprint density at radius 2 is 1.61 bits per heavy atom. The number of hydrogen-bond donors (Lipinski definition) is 0. The average molecular weight is 380 g/mol. The molecule has 0 aromatic rings. The van der Waals surface area contributed by atoms with Gasteiger partial charge in [-0.3, -0.25) is 0 Å². The van der Waals surface area contributed by atoms with E-state index in [4.69, 9.17) is 14.7 Å². The predicted octanol–water partition coefficient (Wildman–Crippen LogP) is 3.15. The SMILES string of the molecule is CCOC(=O)C1(C(=O)OCC)CC(=C\C#N)/C(=[CH]/[Ge]([CH3])([CH3])[CH3])C1. The van der Waals surface area contributed by atoms with Gasteiger partial charge in [0.25, 0.3) is 0 Å². The Labute approximate surface area is 140 Å². The molecule has 1 aliphatic rings. The number of carbonyl (C=O) groups excluding carboxylic acids is 2. The van der Waals surface area contributed by atoms with Crippen LogP contribution in [0.3, 0.4) is 0 Å². The summed E-state index contributed by atoms with van der Waals surface area (Å²) in [6, 6.07) is 2.02. The molecule has 5 nitrogen and oxygen atoms in total. The van der Waals surface area contributed by atoms with Crippen LogP contribution in [0, 0.1) is 16.7 Å². The van der Waals surface area contributed by atoms with Crippen molar-refractivity contribution in [3.63, 3.8) is 0 Å². The fourth-order valence-electron chi connectivity index (χ4n) is 2.74. The molecule has 0 aromatic heterocycles. The quantitative estimate of drug-likeness (QED) is 0.317. The molecule has 0 bridgehead atoms. The molecule has 1 saturated carbocycles. The fourth-order valence-corrected chi connectivity index (χ4v) is 5.53. The number of esters is 2. The van der Waals surface area contributed by atoms with Crippen LogP contribution >= 0.6 is 0 Å². The predicted molar refractivity (Wildman–Crippen MR) is 90.1 cm³/mol. The first-order chi connectivity index (χ1) is 10.7. The van der Waals surface area contributed by atoms with Gasteiger partial charge in [0.2, 0.25) is 0 Å². The van der Waals surface area contributed by atoms with Gasteiger partial charge in [0.15, 0.2) is 0 Å². The van der Waals surface area contributed by atoms with Gasteiger partial charge in [0.05, 0.1) is 0 Å². The molecule has 126 valence electrons. The molecule has 6 heteroatoms. The van der Waals surface area contributed by atoms with Crippen molar-refractivity contribution in [3.8, 4) is 6.07 Å². The molecule has 1 aliphatic carbocycles. The minimum atomic E-state index is -2.08. The Kier molecular flexibility index (Phi) is 6.63. The van der Waals surface area contributed by atoms with E-state index in [-0.39, 0.29) is 26.1 Å². The van der Waals surface area contributed by atoms with Crippen LogP contribution in [0.1, 0.15) is 26.7 Å². The first kappa shape index (κ1) is 19.5. The van der Waals surface area contributed by atoms with E-state index >= 15 is 0 Å². The normalized spacial score (nSPS) is 20.3. The maximum atomic E-state index is 12.5. The summed E-state index contributed by atoms with van der Waals surface area (Å²) in [4.78, 5) is 27.2. The summed E-state index contributed by atoms with van der Waals surface area (Å²) >= 11 is -2.08. The molecule has 0 amide bonds. The summed E-state index contributed by atoms with van der Waals surface area (Å²) in [5.74, 6) is 5.52. The Morgan fingerprint density at radius 3 is 2.00 bits per heavy atom. The fraction of sp³-hybridized carbons (Fsp3) is 0.588. The third kappa shape index (κ3) is 4.71. The number of ether oxygens (including phenoxy) is 2. The summed E-state index contributed by atoms with van der Waals surface area (Å²) < 4.78 is 10.3. The van der Waals surface area contributed by atoms with Crippen molar-refractivity contribution in [1.82, 2.24) is 0 Å². The zero-order valence-electron chi connectivity index (χ0n) is 14.6. The number of carbonyl (C=O) groups is 2. The van der Waals surface area contributed by atoms with Crippen molar-refractivity contribution in [2.45, 2.75) is 44.0 Å². The van der Waals surface area contributed by atoms with Crippen LogP contribution in [0.5, 0.6) is 0 Å². The van der Waals surface area contributed by atoms with E-state index in [1.807, 2.05) is 6.07 Å². The molecular weight excluding hydrogens is 355 g/mol. The Balaban J connectivity index is 3.36. The first-order valence-corrected chi connectivity index (χ1v) is 15.4. The molecule has 0 heterocycles. The van der Waals surface area contributed by atoms with Crippen LogP contribution in [0.2, 0.25) is 17.3 Å². The Hall–Kier alpha value is -1.55. The summed E-state index contributed by atoms with van der Waals surface area (Å²) in [5.41, 5.74) is 0.308. The van der Waals surface area contributed by atoms with Crippen LogP contribution in [0.25, 0.3) is 0 Å². The van der Waals surface area contributed by atoms with E-state index in [1.165, 1.54) is 6.08 Å². The van der Waals surface area contributed by atoms with Crippen molar-refractivity contribution in [3.05, 3.63) is 22.1 Å². The third-order valence-corrected chi connectivity index (χ3v) is 6.12. The zero-order chi connectivity index (χ0) is 17.7. The Morgan fingerprint density at radius 1 is 1.13 bits per heavy atom. The van der Waals surface area contributed by atoms with Gasteiger partial charge in [-0.15, -0.1) is 0 Å². The molecule has 0 spiro atoms.